The molecule has 0 unspecified atom stereocenters. The zero-order chi connectivity index (χ0) is 11.8. The van der Waals surface area contributed by atoms with Gasteiger partial charge in [-0.15, -0.1) is 0 Å². The Morgan fingerprint density at radius 3 is 2.25 bits per heavy atom. The number of hydrogen-bond donors (Lipinski definition) is 0. The van der Waals surface area contributed by atoms with Crippen LogP contribution in [0.25, 0.3) is 0 Å². The van der Waals surface area contributed by atoms with Crippen LogP contribution in [0.3, 0.4) is 0 Å². The molecule has 3 nitrogen and oxygen atoms in total. The zero-order valence-electron chi connectivity index (χ0n) is 7.90. The maximum atomic E-state index is 12.5. The van der Waals surface area contributed by atoms with E-state index >= 15 is 0 Å². The smallest absolute Gasteiger partial charge is 0.422 e. The monoisotopic (exact) mass is 232 g/mol. The normalized spacial score (nSPS) is 25.1. The largest absolute Gasteiger partial charge is 0.509 e. The molecule has 0 aromatic heterocycles. The van der Waals surface area contributed by atoms with Crippen molar-refractivity contribution in [1.29, 1.82) is 0 Å². The molecule has 1 aliphatic heterocycles. The quantitative estimate of drug-likeness (QED) is 0.698. The first-order chi connectivity index (χ1) is 7.48. The van der Waals surface area contributed by atoms with Crippen LogP contribution in [0.5, 0.6) is 0 Å². The highest BCUT2D eigenvalue weighted by atomic mass is 19.4. The molecule has 0 spiro atoms. The van der Waals surface area contributed by atoms with Crippen LogP contribution in [0.4, 0.5) is 18.0 Å². The molecule has 16 heavy (non-hydrogen) atoms. The van der Waals surface area contributed by atoms with Crippen molar-refractivity contribution in [2.24, 2.45) is 0 Å². The fraction of sp³-hybridized carbons (Fsp3) is 0.300. The van der Waals surface area contributed by atoms with Crippen LogP contribution in [0.15, 0.2) is 30.3 Å². The minimum absolute atomic E-state index is 0.260. The molecule has 0 amide bonds. The molecule has 1 fully saturated rings. The molecule has 0 saturated carbocycles. The fourth-order valence-corrected chi connectivity index (χ4v) is 1.48. The average Bonchev–Trinajstić information content (AvgIpc) is 2.61. The maximum absolute atomic E-state index is 12.5. The summed E-state index contributed by atoms with van der Waals surface area (Å²) in [5, 5.41) is 0. The van der Waals surface area contributed by atoms with Gasteiger partial charge < -0.3 is 9.47 Å². The van der Waals surface area contributed by atoms with Crippen molar-refractivity contribution in [2.45, 2.75) is 18.4 Å². The fourth-order valence-electron chi connectivity index (χ4n) is 1.48. The van der Waals surface area contributed by atoms with E-state index in [0.29, 0.717) is 0 Å². The number of halogens is 3. The Labute approximate surface area is 88.8 Å². The van der Waals surface area contributed by atoms with Gasteiger partial charge in [0.2, 0.25) is 6.10 Å². The number of alkyl halides is 3. The van der Waals surface area contributed by atoms with Crippen molar-refractivity contribution in [1.82, 2.24) is 0 Å². The molecule has 1 aliphatic rings. The molecule has 1 heterocycles. The van der Waals surface area contributed by atoms with Gasteiger partial charge in [-0.05, 0) is 5.56 Å². The lowest BCUT2D eigenvalue weighted by Gasteiger charge is -2.17. The summed E-state index contributed by atoms with van der Waals surface area (Å²) in [7, 11) is 0. The Morgan fingerprint density at radius 2 is 1.69 bits per heavy atom. The first-order valence-electron chi connectivity index (χ1n) is 4.47. The maximum Gasteiger partial charge on any atom is 0.509 e. The van der Waals surface area contributed by atoms with Gasteiger partial charge in [0, 0.05) is 0 Å². The minimum Gasteiger partial charge on any atom is -0.422 e. The van der Waals surface area contributed by atoms with Gasteiger partial charge in [0.15, 0.2) is 6.10 Å². The van der Waals surface area contributed by atoms with Crippen LogP contribution in [-0.2, 0) is 9.47 Å². The number of benzene rings is 1. The Kier molecular flexibility index (Phi) is 2.49. The lowest BCUT2D eigenvalue weighted by atomic mass is 10.0. The summed E-state index contributed by atoms with van der Waals surface area (Å²) in [5.74, 6) is 0. The number of ether oxygens (including phenoxy) is 2. The standard InChI is InChI=1S/C10H7F3O3/c11-10(12,13)8-7(15-9(14)16-8)6-4-2-1-3-5-6/h1-5,7-8H/t7-,8-/m1/s1. The highest BCUT2D eigenvalue weighted by Crippen LogP contribution is 2.39. The van der Waals surface area contributed by atoms with Gasteiger partial charge in [-0.25, -0.2) is 4.79 Å². The second-order valence-electron chi connectivity index (χ2n) is 3.28. The van der Waals surface area contributed by atoms with E-state index < -0.39 is 24.5 Å². The van der Waals surface area contributed by atoms with Crippen molar-refractivity contribution in [3.8, 4) is 0 Å². The van der Waals surface area contributed by atoms with E-state index in [2.05, 4.69) is 9.47 Å². The van der Waals surface area contributed by atoms with Crippen LogP contribution in [0.2, 0.25) is 0 Å². The van der Waals surface area contributed by atoms with Gasteiger partial charge in [0.1, 0.15) is 0 Å². The summed E-state index contributed by atoms with van der Waals surface area (Å²) in [6, 6.07) is 7.68. The van der Waals surface area contributed by atoms with Crippen molar-refractivity contribution < 1.29 is 27.4 Å². The third-order valence-corrected chi connectivity index (χ3v) is 2.17. The summed E-state index contributed by atoms with van der Waals surface area (Å²) in [6.45, 7) is 0. The second kappa shape index (κ2) is 3.70. The Morgan fingerprint density at radius 1 is 1.06 bits per heavy atom. The van der Waals surface area contributed by atoms with Crippen molar-refractivity contribution >= 4 is 6.16 Å². The van der Waals surface area contributed by atoms with Crippen LogP contribution < -0.4 is 0 Å². The highest BCUT2D eigenvalue weighted by molar-refractivity contribution is 5.63. The van der Waals surface area contributed by atoms with Crippen LogP contribution in [0.1, 0.15) is 11.7 Å². The van der Waals surface area contributed by atoms with E-state index in [1.807, 2.05) is 0 Å². The topological polar surface area (TPSA) is 35.5 Å². The lowest BCUT2D eigenvalue weighted by Crippen LogP contribution is -2.33. The van der Waals surface area contributed by atoms with E-state index in [1.165, 1.54) is 12.1 Å². The molecule has 1 aromatic carbocycles. The summed E-state index contributed by atoms with van der Waals surface area (Å²) < 4.78 is 46.1. The van der Waals surface area contributed by atoms with Gasteiger partial charge in [0.05, 0.1) is 0 Å². The molecule has 0 N–H and O–H groups in total. The van der Waals surface area contributed by atoms with Gasteiger partial charge >= 0.3 is 12.3 Å². The highest BCUT2D eigenvalue weighted by Gasteiger charge is 2.54. The Hall–Kier alpha value is -1.72. The van der Waals surface area contributed by atoms with E-state index in [9.17, 15) is 18.0 Å². The first kappa shape index (κ1) is 10.8. The zero-order valence-corrected chi connectivity index (χ0v) is 7.90. The van der Waals surface area contributed by atoms with Gasteiger partial charge in [-0.3, -0.25) is 0 Å². The molecule has 0 aliphatic carbocycles. The molecule has 6 heteroatoms. The predicted octanol–water partition coefficient (Wildman–Crippen LogP) is 2.83. The van der Waals surface area contributed by atoms with E-state index in [-0.39, 0.29) is 5.56 Å². The van der Waals surface area contributed by atoms with Crippen molar-refractivity contribution in [2.75, 3.05) is 0 Å². The molecule has 86 valence electrons. The van der Waals surface area contributed by atoms with E-state index in [0.717, 1.165) is 0 Å². The lowest BCUT2D eigenvalue weighted by molar-refractivity contribution is -0.204. The summed E-state index contributed by atoms with van der Waals surface area (Å²) in [6.07, 6.45) is -9.58. The van der Waals surface area contributed by atoms with Crippen LogP contribution in [-0.4, -0.2) is 18.4 Å². The Bertz CT molecular complexity index is 388. The van der Waals surface area contributed by atoms with Gasteiger partial charge in [0.25, 0.3) is 0 Å². The molecular formula is C10H7F3O3. The second-order valence-corrected chi connectivity index (χ2v) is 3.28. The van der Waals surface area contributed by atoms with Gasteiger partial charge in [-0.2, -0.15) is 13.2 Å². The van der Waals surface area contributed by atoms with Crippen LogP contribution in [0, 0.1) is 0 Å². The predicted molar refractivity (Wildman–Crippen MR) is 46.6 cm³/mol. The average molecular weight is 232 g/mol. The van der Waals surface area contributed by atoms with Crippen molar-refractivity contribution in [3.05, 3.63) is 35.9 Å². The third-order valence-electron chi connectivity index (χ3n) is 2.17. The molecule has 1 aromatic rings. The minimum atomic E-state index is -4.63. The molecule has 0 bridgehead atoms. The third kappa shape index (κ3) is 1.95. The summed E-state index contributed by atoms with van der Waals surface area (Å²) in [4.78, 5) is 10.7. The van der Waals surface area contributed by atoms with Crippen LogP contribution >= 0.6 is 0 Å². The number of carbonyl (C=O) groups excluding carboxylic acids is 1. The number of rotatable bonds is 1. The SMILES string of the molecule is O=C1O[C@H](c2ccccc2)[C@H](C(F)(F)F)O1. The van der Waals surface area contributed by atoms with Crippen molar-refractivity contribution in [3.63, 3.8) is 0 Å². The molecule has 0 radical (unpaired) electrons. The van der Waals surface area contributed by atoms with Gasteiger partial charge in [-0.1, -0.05) is 30.3 Å². The Balaban J connectivity index is 2.30. The summed E-state index contributed by atoms with van der Waals surface area (Å²) in [5.41, 5.74) is 0.260. The summed E-state index contributed by atoms with van der Waals surface area (Å²) >= 11 is 0. The van der Waals surface area contributed by atoms with E-state index in [1.54, 1.807) is 18.2 Å². The van der Waals surface area contributed by atoms with E-state index in [4.69, 9.17) is 0 Å². The molecule has 2 atom stereocenters. The molecular weight excluding hydrogens is 225 g/mol. The number of carbonyl (C=O) groups is 1. The number of hydrogen-bond acceptors (Lipinski definition) is 3. The number of cyclic esters (lactones) is 2. The molecule has 1 saturated heterocycles. The molecule has 2 rings (SSSR count). The first-order valence-corrected chi connectivity index (χ1v) is 4.47.